The van der Waals surface area contributed by atoms with E-state index in [9.17, 15) is 13.2 Å². The quantitative estimate of drug-likeness (QED) is 0.521. The van der Waals surface area contributed by atoms with Crippen molar-refractivity contribution >= 4 is 21.7 Å². The van der Waals surface area contributed by atoms with Crippen LogP contribution >= 0.6 is 0 Å². The molecule has 0 spiro atoms. The summed E-state index contributed by atoms with van der Waals surface area (Å²) in [5.74, 6) is 2.48. The monoisotopic (exact) mass is 411 g/mol. The summed E-state index contributed by atoms with van der Waals surface area (Å²) in [6.07, 6.45) is 11.3. The van der Waals surface area contributed by atoms with E-state index in [0.29, 0.717) is 19.6 Å². The van der Waals surface area contributed by atoms with E-state index in [2.05, 4.69) is 22.0 Å². The molecule has 0 radical (unpaired) electrons. The second-order valence-corrected chi connectivity index (χ2v) is 9.17. The molecular weight excluding hydrogens is 389 g/mol. The topological polar surface area (TPSA) is 80.6 Å². The fourth-order valence-corrected chi connectivity index (χ4v) is 5.48. The van der Waals surface area contributed by atoms with Gasteiger partial charge < -0.3 is 10.0 Å². The van der Waals surface area contributed by atoms with Crippen LogP contribution in [-0.4, -0.2) is 44.2 Å². The van der Waals surface area contributed by atoms with Crippen molar-refractivity contribution in [3.8, 4) is 12.3 Å². The van der Waals surface area contributed by atoms with Gasteiger partial charge in [-0.15, -0.1) is 6.42 Å². The van der Waals surface area contributed by atoms with E-state index < -0.39 is 21.3 Å². The zero-order chi connectivity index (χ0) is 18.3. The van der Waals surface area contributed by atoms with Crippen LogP contribution in [0.3, 0.4) is 0 Å². The summed E-state index contributed by atoms with van der Waals surface area (Å²) in [7, 11) is -3.82. The van der Waals surface area contributed by atoms with Crippen LogP contribution in [-0.2, 0) is 35.7 Å². The van der Waals surface area contributed by atoms with Crippen LogP contribution in [0.4, 0.5) is 10.5 Å². The van der Waals surface area contributed by atoms with Gasteiger partial charge in [0, 0.05) is 13.1 Å². The van der Waals surface area contributed by atoms with Crippen LogP contribution < -0.4 is 56.7 Å². The van der Waals surface area contributed by atoms with Crippen LogP contribution in [0.1, 0.15) is 35.1 Å². The second-order valence-electron chi connectivity index (χ2n) is 7.29. The molecule has 1 saturated heterocycles. The Morgan fingerprint density at radius 2 is 1.78 bits per heavy atom. The van der Waals surface area contributed by atoms with Gasteiger partial charge in [-0.1, -0.05) is 12.0 Å². The van der Waals surface area contributed by atoms with Gasteiger partial charge in [0.15, 0.2) is 16.1 Å². The van der Waals surface area contributed by atoms with Gasteiger partial charge in [-0.3, -0.25) is 9.69 Å². The number of terminal acetylenes is 1. The minimum Gasteiger partial charge on any atom is -0.423 e. The molecule has 4 rings (SSSR count). The van der Waals surface area contributed by atoms with Crippen LogP contribution in [0.2, 0.25) is 0 Å². The molecule has 1 aromatic carbocycles. The Morgan fingerprint density at radius 3 is 2.33 bits per heavy atom. The van der Waals surface area contributed by atoms with E-state index in [1.165, 1.54) is 11.1 Å². The van der Waals surface area contributed by atoms with Crippen LogP contribution in [0.5, 0.6) is 0 Å². The summed E-state index contributed by atoms with van der Waals surface area (Å²) in [6.45, 7) is 1.08. The van der Waals surface area contributed by atoms with Gasteiger partial charge in [-0.2, -0.15) is 0 Å². The van der Waals surface area contributed by atoms with Gasteiger partial charge >= 0.3 is 51.4 Å². The largest absolute Gasteiger partial charge is 1.00 e. The molecule has 0 bridgehead atoms. The third-order valence-electron chi connectivity index (χ3n) is 5.57. The summed E-state index contributed by atoms with van der Waals surface area (Å²) in [5.41, 5.74) is 5.71. The number of benzene rings is 1. The van der Waals surface area contributed by atoms with Crippen LogP contribution in [0, 0.1) is 12.3 Å². The summed E-state index contributed by atoms with van der Waals surface area (Å²) < 4.78 is 28.2. The molecule has 2 amide bonds. The van der Waals surface area contributed by atoms with Crippen molar-refractivity contribution in [1.82, 2.24) is 4.90 Å². The van der Waals surface area contributed by atoms with Crippen molar-refractivity contribution in [3.63, 3.8) is 0 Å². The Hall–Kier alpha value is -0.404. The molecule has 3 aliphatic rings. The van der Waals surface area contributed by atoms with E-state index in [1.54, 1.807) is 0 Å². The summed E-state index contributed by atoms with van der Waals surface area (Å²) in [4.78, 5) is 14.2. The molecule has 0 atom stereocenters. The Bertz CT molecular complexity index is 870. The average molecular weight is 412 g/mol. The Balaban J connectivity index is 0.00000210. The first-order valence-corrected chi connectivity index (χ1v) is 10.6. The van der Waals surface area contributed by atoms with Gasteiger partial charge in [-0.05, 0) is 66.5 Å². The zero-order valence-electron chi connectivity index (χ0n) is 15.6. The molecule has 1 aromatic rings. The van der Waals surface area contributed by atoms with Crippen LogP contribution in [0.25, 0.3) is 4.72 Å². The fourth-order valence-electron chi connectivity index (χ4n) is 4.26. The Morgan fingerprint density at radius 1 is 1.19 bits per heavy atom. The second kappa shape index (κ2) is 8.53. The Labute approximate surface area is 203 Å². The van der Waals surface area contributed by atoms with Crippen LogP contribution in [0.15, 0.2) is 6.07 Å². The number of rotatable bonds is 4. The smallest absolute Gasteiger partial charge is 0.423 e. The first kappa shape index (κ1) is 21.3. The molecule has 138 valence electrons. The number of carbonyl (C=O) groups excluding carboxylic acids is 1. The van der Waals surface area contributed by atoms with E-state index >= 15 is 0 Å². The van der Waals surface area contributed by atoms with Crippen molar-refractivity contribution in [2.24, 2.45) is 0 Å². The normalized spacial score (nSPS) is 18.6. The van der Waals surface area contributed by atoms with Crippen molar-refractivity contribution in [1.29, 1.82) is 0 Å². The number of urea groups is 1. The predicted molar refractivity (Wildman–Crippen MR) is 101 cm³/mol. The molecule has 1 aliphatic heterocycles. The van der Waals surface area contributed by atoms with Gasteiger partial charge in [0.05, 0.1) is 11.8 Å². The van der Waals surface area contributed by atoms with E-state index in [0.717, 1.165) is 55.3 Å². The number of carbonyl (C=O) groups is 1. The van der Waals surface area contributed by atoms with Gasteiger partial charge in [0.1, 0.15) is 0 Å². The molecule has 0 aromatic heterocycles. The van der Waals surface area contributed by atoms with Gasteiger partial charge in [0.25, 0.3) is 0 Å². The first-order chi connectivity index (χ1) is 12.5. The zero-order valence-corrected chi connectivity index (χ0v) is 19.6. The predicted octanol–water partition coefficient (Wildman–Crippen LogP) is -0.779. The minimum absolute atomic E-state index is 0. The number of aryl methyl sites for hydroxylation is 2. The first-order valence-electron chi connectivity index (χ1n) is 9.08. The van der Waals surface area contributed by atoms with Gasteiger partial charge in [-0.25, -0.2) is 8.42 Å². The van der Waals surface area contributed by atoms with Crippen molar-refractivity contribution in [3.05, 3.63) is 33.0 Å². The van der Waals surface area contributed by atoms with Crippen molar-refractivity contribution < 1.29 is 64.6 Å². The molecular formula is C19H22KN3O3S. The molecule has 1 N–H and O–H groups in total. The average Bonchev–Trinajstić information content (AvgIpc) is 3.18. The van der Waals surface area contributed by atoms with Crippen molar-refractivity contribution in [2.45, 2.75) is 43.8 Å². The summed E-state index contributed by atoms with van der Waals surface area (Å²) >= 11 is 0. The molecule has 0 unspecified atom stereocenters. The Kier molecular flexibility index (Phi) is 6.74. The molecule has 1 heterocycles. The standard InChI is InChI=1S/C19H23N3O3S.K/c1-2-9-22-11-15(12-22)26(24,25)21-19(23)20-18-16-7-3-5-13(16)10-14-6-4-8-17(14)18;/h1,10,15H,3-9,11-12H2,(H2,20,21,23);/q;+1/p-1. The third-order valence-corrected chi connectivity index (χ3v) is 7.14. The number of hydrogen-bond donors (Lipinski definition) is 1. The number of nitrogens with one attached hydrogen (secondary N) is 1. The SMILES string of the molecule is C#CCN1CC(S(=O)(=O)[N-]C(=O)Nc2c3c(cc4c2CCC4)CCC3)C1.[K+]. The van der Waals surface area contributed by atoms with Crippen molar-refractivity contribution in [2.75, 3.05) is 25.0 Å². The number of hydrogen-bond acceptors (Lipinski definition) is 4. The molecule has 0 saturated carbocycles. The maximum absolute atomic E-state index is 12.4. The maximum Gasteiger partial charge on any atom is 1.00 e. The maximum atomic E-state index is 12.4. The molecule has 6 nitrogen and oxygen atoms in total. The number of sulfonamides is 1. The third kappa shape index (κ3) is 4.30. The fraction of sp³-hybridized carbons (Fsp3) is 0.526. The number of amides is 2. The van der Waals surface area contributed by atoms with Gasteiger partial charge in [0.2, 0.25) is 0 Å². The summed E-state index contributed by atoms with van der Waals surface area (Å²) in [5, 5.41) is 2.16. The molecule has 8 heteroatoms. The number of nitrogens with zero attached hydrogens (tertiary/aromatic N) is 2. The number of fused-ring (bicyclic) bond motifs is 2. The molecule has 27 heavy (non-hydrogen) atoms. The minimum atomic E-state index is -3.82. The molecule has 2 aliphatic carbocycles. The van der Waals surface area contributed by atoms with E-state index in [-0.39, 0.29) is 51.4 Å². The summed E-state index contributed by atoms with van der Waals surface area (Å²) in [6, 6.07) is 1.48. The number of likely N-dealkylation sites (tertiary alicyclic amines) is 1. The molecule has 1 fully saturated rings. The van der Waals surface area contributed by atoms with E-state index in [4.69, 9.17) is 6.42 Å². The van der Waals surface area contributed by atoms with E-state index in [1.807, 2.05) is 4.90 Å². The number of anilines is 1.